The van der Waals surface area contributed by atoms with Crippen LogP contribution < -0.4 is 31.1 Å². The number of hydrogen-bond donors (Lipinski definition) is 2. The molecule has 358 valence electrons. The number of fused-ring (bicyclic) bond motifs is 2. The molecule has 0 amide bonds. The van der Waals surface area contributed by atoms with Gasteiger partial charge in [0.05, 0.1) is 12.1 Å². The number of aliphatic imine (C=N–C) groups is 2. The van der Waals surface area contributed by atoms with Crippen molar-refractivity contribution < 1.29 is 74.8 Å². The first-order chi connectivity index (χ1) is 33.4. The van der Waals surface area contributed by atoms with Crippen LogP contribution in [-0.2, 0) is 67.5 Å². The van der Waals surface area contributed by atoms with Crippen LogP contribution in [0.25, 0.3) is 54.9 Å². The number of nitrogens with zero attached hydrogens (tertiary/aromatic N) is 2. The fourth-order valence-electron chi connectivity index (χ4n) is 10.4. The first-order valence-corrected chi connectivity index (χ1v) is 24.1. The van der Waals surface area contributed by atoms with Crippen molar-refractivity contribution in [3.8, 4) is 56.4 Å². The van der Waals surface area contributed by atoms with Crippen LogP contribution in [0.5, 0.6) is 23.0 Å². The van der Waals surface area contributed by atoms with E-state index >= 15 is 0 Å². The number of benzene rings is 8. The van der Waals surface area contributed by atoms with Gasteiger partial charge in [-0.1, -0.05) is 194 Å². The molecule has 2 aliphatic rings. The van der Waals surface area contributed by atoms with Gasteiger partial charge in [-0.05, 0) is 115 Å². The Morgan fingerprint density at radius 3 is 1.22 bits per heavy atom. The van der Waals surface area contributed by atoms with Crippen molar-refractivity contribution in [1.82, 2.24) is 10.6 Å². The molecule has 10 rings (SSSR count). The van der Waals surface area contributed by atoms with E-state index in [0.717, 1.165) is 73.3 Å². The molecule has 2 N–H and O–H groups in total. The third kappa shape index (κ3) is 12.0. The van der Waals surface area contributed by atoms with E-state index in [-0.39, 0.29) is 102 Å². The molecule has 12 heteroatoms. The number of nitrogens with one attached hydrogen (secondary N) is 2. The summed E-state index contributed by atoms with van der Waals surface area (Å²) in [7, 11) is 0. The SMILES string of the molecule is [O-2].[O-2].[O-]c1c(CN[C@@H]2CCCC[C@H]2N=Cc2cc3ccccc3c(-c3c([O-])c(C=N[C@@H]4CCCC[C@H]4NCc4cccc(-c5ccccc5)c4[O-])cc4ccccc34)c2[O-])cccc1-c1ccccc1.[Ti+4].[Ti+4]. The Balaban J connectivity index is 0.00000212. The quantitative estimate of drug-likeness (QED) is 0.0851. The standard InChI is InChI=1S/C60H58N4O4.2O.2Ti/c65-57-43(23-15-27-49(57)39-17-3-1-4-18-39)35-61-51-29-11-13-31-53(51)63-37-45-33-41-21-7-9-25-47(41)55(59(45)67)56-48-26-10-8-22-42(48)34-46(60(56)68)38-64-54-32-14-12-30-52(54)62-36-44-24-16-28-50(58(44)66)40-19-5-2-6-20-40;;;;/h1-10,15-28,33-34,37-38,51-54,61-62,65-68H,11-14,29-32,35-36H2;;;;/q;2*-2;2*+4/p-4/t51-,52-,53-,54-;;;;/m1..../s1. The van der Waals surface area contributed by atoms with E-state index in [1.807, 2.05) is 158 Å². The van der Waals surface area contributed by atoms with Crippen molar-refractivity contribution in [2.45, 2.75) is 88.6 Å². The molecule has 0 aromatic heterocycles. The zero-order chi connectivity index (χ0) is 46.4. The Morgan fingerprint density at radius 2 is 0.806 bits per heavy atom. The van der Waals surface area contributed by atoms with E-state index in [4.69, 9.17) is 9.98 Å². The van der Waals surface area contributed by atoms with Crippen LogP contribution in [-0.4, -0.2) is 36.6 Å². The van der Waals surface area contributed by atoms with Crippen LogP contribution in [0.3, 0.4) is 0 Å². The van der Waals surface area contributed by atoms with Gasteiger partial charge >= 0.3 is 43.4 Å². The van der Waals surface area contributed by atoms with E-state index < -0.39 is 0 Å². The first-order valence-electron chi connectivity index (χ1n) is 24.1. The summed E-state index contributed by atoms with van der Waals surface area (Å²) in [5.41, 5.74) is 6.19. The maximum atomic E-state index is 15.0. The molecule has 0 spiro atoms. The smallest absolute Gasteiger partial charge is 2.00 e. The van der Waals surface area contributed by atoms with E-state index in [1.165, 1.54) is 0 Å². The third-order valence-corrected chi connectivity index (χ3v) is 14.1. The molecule has 72 heavy (non-hydrogen) atoms. The Kier molecular flexibility index (Phi) is 19.7. The molecule has 2 saturated carbocycles. The second-order valence-electron chi connectivity index (χ2n) is 18.3. The fourth-order valence-corrected chi connectivity index (χ4v) is 10.4. The minimum Gasteiger partial charge on any atom is -2.00 e. The number of hydrogen-bond acceptors (Lipinski definition) is 8. The van der Waals surface area contributed by atoms with Gasteiger partial charge in [0.25, 0.3) is 0 Å². The molecule has 0 radical (unpaired) electrons. The molecular formula is C60H54N4O6Ti2. The summed E-state index contributed by atoms with van der Waals surface area (Å²) >= 11 is 0. The summed E-state index contributed by atoms with van der Waals surface area (Å²) in [5.74, 6) is -0.449. The van der Waals surface area contributed by atoms with E-state index in [2.05, 4.69) is 10.6 Å². The Hall–Kier alpha value is -5.91. The van der Waals surface area contributed by atoms with Crippen LogP contribution in [0.1, 0.15) is 73.6 Å². The Morgan fingerprint density at radius 1 is 0.431 bits per heavy atom. The minimum absolute atomic E-state index is 0. The predicted octanol–water partition coefficient (Wildman–Crippen LogP) is 10.1. The van der Waals surface area contributed by atoms with Gasteiger partial charge in [-0.2, -0.15) is 0 Å². The summed E-state index contributed by atoms with van der Waals surface area (Å²) in [6.07, 6.45) is 11.1. The van der Waals surface area contributed by atoms with E-state index in [9.17, 15) is 20.4 Å². The van der Waals surface area contributed by atoms with Crippen LogP contribution >= 0.6 is 0 Å². The second kappa shape index (κ2) is 25.7. The summed E-state index contributed by atoms with van der Waals surface area (Å²) in [6.45, 7) is 0.845. The van der Waals surface area contributed by atoms with E-state index in [1.54, 1.807) is 12.4 Å². The van der Waals surface area contributed by atoms with Gasteiger partial charge in [-0.3, -0.25) is 9.98 Å². The molecule has 0 aliphatic heterocycles. The van der Waals surface area contributed by atoms with Crippen molar-refractivity contribution in [3.05, 3.63) is 180 Å². The maximum Gasteiger partial charge on any atom is 4.00 e. The fraction of sp³-hybridized carbons (Fsp3) is 0.233. The Bertz CT molecular complexity index is 2930. The van der Waals surface area contributed by atoms with Gasteiger partial charge in [0.2, 0.25) is 0 Å². The summed E-state index contributed by atoms with van der Waals surface area (Å²) in [5, 5.41) is 67.5. The van der Waals surface area contributed by atoms with Crippen molar-refractivity contribution >= 4 is 34.0 Å². The molecule has 8 aromatic rings. The van der Waals surface area contributed by atoms with Gasteiger partial charge in [0.15, 0.2) is 0 Å². The zero-order valence-electron chi connectivity index (χ0n) is 39.9. The normalized spacial score (nSPS) is 17.7. The van der Waals surface area contributed by atoms with Gasteiger partial charge in [0, 0.05) is 37.6 Å². The van der Waals surface area contributed by atoms with Gasteiger partial charge in [-0.25, -0.2) is 0 Å². The average molecular weight is 1020 g/mol. The van der Waals surface area contributed by atoms with Crippen LogP contribution in [0, 0.1) is 0 Å². The van der Waals surface area contributed by atoms with Crippen molar-refractivity contribution in [1.29, 1.82) is 0 Å². The first kappa shape index (κ1) is 55.4. The molecule has 0 heterocycles. The van der Waals surface area contributed by atoms with Crippen LogP contribution in [0.15, 0.2) is 168 Å². The molecule has 8 aromatic carbocycles. The third-order valence-electron chi connectivity index (χ3n) is 14.1. The van der Waals surface area contributed by atoms with Crippen molar-refractivity contribution in [3.63, 3.8) is 0 Å². The van der Waals surface area contributed by atoms with E-state index in [0.29, 0.717) is 68.4 Å². The van der Waals surface area contributed by atoms with Crippen LogP contribution in [0.4, 0.5) is 0 Å². The predicted molar refractivity (Wildman–Crippen MR) is 271 cm³/mol. The summed E-state index contributed by atoms with van der Waals surface area (Å²) in [6, 6.07) is 50.0. The van der Waals surface area contributed by atoms with Gasteiger partial charge in [-0.15, -0.1) is 0 Å². The van der Waals surface area contributed by atoms with Crippen molar-refractivity contribution in [2.75, 3.05) is 0 Å². The largest absolute Gasteiger partial charge is 4.00 e. The van der Waals surface area contributed by atoms with Gasteiger partial charge < -0.3 is 42.0 Å². The molecule has 10 nitrogen and oxygen atoms in total. The van der Waals surface area contributed by atoms with Crippen molar-refractivity contribution in [2.24, 2.45) is 9.98 Å². The monoisotopic (exact) mass is 1020 g/mol. The average Bonchev–Trinajstić information content (AvgIpc) is 3.38. The minimum atomic E-state index is -0.247. The second-order valence-corrected chi connectivity index (χ2v) is 18.3. The molecule has 0 bridgehead atoms. The molecule has 0 unspecified atom stereocenters. The summed E-state index contributed by atoms with van der Waals surface area (Å²) in [4.78, 5) is 10.2. The van der Waals surface area contributed by atoms with Crippen LogP contribution in [0.2, 0.25) is 0 Å². The number of para-hydroxylation sites is 2. The zero-order valence-corrected chi connectivity index (χ0v) is 43.0. The van der Waals surface area contributed by atoms with Gasteiger partial charge in [0.1, 0.15) is 0 Å². The maximum absolute atomic E-state index is 15.0. The molecule has 4 atom stereocenters. The molecule has 0 saturated heterocycles. The molecule has 2 fully saturated rings. The Labute approximate surface area is 451 Å². The molecular weight excluding hydrogens is 968 g/mol. The number of rotatable bonds is 13. The topological polar surface area (TPSA) is 198 Å². The summed E-state index contributed by atoms with van der Waals surface area (Å²) < 4.78 is 0. The molecule has 2 aliphatic carbocycles.